The van der Waals surface area contributed by atoms with E-state index in [2.05, 4.69) is 43.8 Å². The van der Waals surface area contributed by atoms with Crippen LogP contribution in [-0.2, 0) is 11.4 Å². The first kappa shape index (κ1) is 23.8. The molecule has 162 valence electrons. The number of amides is 1. The molecule has 0 heterocycles. The van der Waals surface area contributed by atoms with Crippen molar-refractivity contribution in [1.82, 2.24) is 0 Å². The molecule has 0 aliphatic rings. The summed E-state index contributed by atoms with van der Waals surface area (Å²) >= 11 is 5.68. The highest BCUT2D eigenvalue weighted by molar-refractivity contribution is 14.1. The fourth-order valence-electron chi connectivity index (χ4n) is 2.97. The second-order valence-electron chi connectivity index (χ2n) is 6.91. The number of hydrogen-bond acceptors (Lipinski definition) is 4. The van der Waals surface area contributed by atoms with Crippen molar-refractivity contribution >= 4 is 56.2 Å². The number of methoxy groups -OCH3 is 1. The van der Waals surface area contributed by atoms with E-state index in [-0.39, 0.29) is 5.57 Å². The molecule has 0 aliphatic heterocycles. The van der Waals surface area contributed by atoms with E-state index < -0.39 is 5.91 Å². The van der Waals surface area contributed by atoms with Gasteiger partial charge in [-0.25, -0.2) is 0 Å². The topological polar surface area (TPSA) is 71.3 Å². The summed E-state index contributed by atoms with van der Waals surface area (Å²) in [7, 11) is 1.56. The maximum absolute atomic E-state index is 12.6. The lowest BCUT2D eigenvalue weighted by atomic mass is 10.1. The van der Waals surface area contributed by atoms with Gasteiger partial charge in [0, 0.05) is 15.7 Å². The Kier molecular flexibility index (Phi) is 8.31. The number of anilines is 1. The molecule has 0 radical (unpaired) electrons. The minimum atomic E-state index is -0.471. The van der Waals surface area contributed by atoms with Gasteiger partial charge in [0.1, 0.15) is 18.2 Å². The Morgan fingerprint density at radius 3 is 2.66 bits per heavy atom. The van der Waals surface area contributed by atoms with Crippen molar-refractivity contribution in [2.45, 2.75) is 13.5 Å². The Balaban J connectivity index is 1.83. The van der Waals surface area contributed by atoms with E-state index in [9.17, 15) is 10.1 Å². The van der Waals surface area contributed by atoms with Gasteiger partial charge in [-0.05, 0) is 77.0 Å². The maximum atomic E-state index is 12.6. The van der Waals surface area contributed by atoms with Crippen molar-refractivity contribution in [3.8, 4) is 17.6 Å². The van der Waals surface area contributed by atoms with Gasteiger partial charge >= 0.3 is 0 Å². The predicted octanol–water partition coefficient (Wildman–Crippen LogP) is 6.50. The van der Waals surface area contributed by atoms with Crippen molar-refractivity contribution in [1.29, 1.82) is 5.26 Å². The van der Waals surface area contributed by atoms with Gasteiger partial charge in [-0.1, -0.05) is 46.3 Å². The summed E-state index contributed by atoms with van der Waals surface area (Å²) in [6, 6.07) is 20.8. The lowest BCUT2D eigenvalue weighted by Gasteiger charge is -2.14. The number of nitrogens with zero attached hydrogens (tertiary/aromatic N) is 1. The second-order valence-corrected chi connectivity index (χ2v) is 8.92. The van der Waals surface area contributed by atoms with Gasteiger partial charge < -0.3 is 14.8 Å². The number of nitriles is 1. The molecule has 0 saturated carbocycles. The smallest absolute Gasteiger partial charge is 0.266 e. The minimum absolute atomic E-state index is 0.00811. The van der Waals surface area contributed by atoms with Crippen LogP contribution in [0.25, 0.3) is 6.08 Å². The zero-order chi connectivity index (χ0) is 23.1. The van der Waals surface area contributed by atoms with E-state index in [0.717, 1.165) is 19.2 Å². The number of ether oxygens (including phenoxy) is 2. The van der Waals surface area contributed by atoms with Gasteiger partial charge in [-0.15, -0.1) is 0 Å². The van der Waals surface area contributed by atoms with E-state index in [1.54, 1.807) is 19.2 Å². The lowest BCUT2D eigenvalue weighted by Crippen LogP contribution is -2.13. The van der Waals surface area contributed by atoms with Crippen LogP contribution in [0.1, 0.15) is 16.7 Å². The largest absolute Gasteiger partial charge is 0.493 e. The Labute approximate surface area is 209 Å². The summed E-state index contributed by atoms with van der Waals surface area (Å²) < 4.78 is 13.3. The molecule has 0 bridgehead atoms. The van der Waals surface area contributed by atoms with E-state index in [1.165, 1.54) is 6.08 Å². The summed E-state index contributed by atoms with van der Waals surface area (Å²) in [6.45, 7) is 2.30. The molecule has 7 heteroatoms. The van der Waals surface area contributed by atoms with Crippen molar-refractivity contribution in [3.05, 3.63) is 91.0 Å². The SMILES string of the molecule is COc1cc(/C=C(\C#N)C(=O)Nc2cccc(C)c2)cc(I)c1OCc1ccccc1Br. The molecule has 0 saturated heterocycles. The summed E-state index contributed by atoms with van der Waals surface area (Å²) in [5.41, 5.74) is 3.32. The second kappa shape index (κ2) is 11.2. The first-order valence-electron chi connectivity index (χ1n) is 9.65. The van der Waals surface area contributed by atoms with Crippen LogP contribution >= 0.6 is 38.5 Å². The minimum Gasteiger partial charge on any atom is -0.493 e. The molecule has 0 aromatic heterocycles. The quantitative estimate of drug-likeness (QED) is 0.190. The number of carbonyl (C=O) groups is 1. The van der Waals surface area contributed by atoms with Crippen molar-refractivity contribution in [2.75, 3.05) is 12.4 Å². The average molecular weight is 603 g/mol. The zero-order valence-corrected chi connectivity index (χ0v) is 21.2. The first-order valence-corrected chi connectivity index (χ1v) is 11.5. The highest BCUT2D eigenvalue weighted by Crippen LogP contribution is 2.35. The third kappa shape index (κ3) is 6.11. The summed E-state index contributed by atoms with van der Waals surface area (Å²) in [6.07, 6.45) is 1.54. The molecule has 32 heavy (non-hydrogen) atoms. The van der Waals surface area contributed by atoms with Crippen molar-refractivity contribution in [2.24, 2.45) is 0 Å². The Bertz CT molecular complexity index is 1220. The Morgan fingerprint density at radius 1 is 1.19 bits per heavy atom. The molecule has 1 amide bonds. The Hall–Kier alpha value is -2.83. The normalized spacial score (nSPS) is 10.9. The molecule has 0 fully saturated rings. The van der Waals surface area contributed by atoms with Gasteiger partial charge in [-0.3, -0.25) is 4.79 Å². The summed E-state index contributed by atoms with van der Waals surface area (Å²) in [4.78, 5) is 12.6. The molecular weight excluding hydrogens is 583 g/mol. The van der Waals surface area contributed by atoms with Crippen LogP contribution in [0.15, 0.2) is 70.7 Å². The van der Waals surface area contributed by atoms with Gasteiger partial charge in [-0.2, -0.15) is 5.26 Å². The number of nitrogens with one attached hydrogen (secondary N) is 1. The van der Waals surface area contributed by atoms with Crippen LogP contribution in [0.2, 0.25) is 0 Å². The number of aryl methyl sites for hydroxylation is 1. The van der Waals surface area contributed by atoms with E-state index in [4.69, 9.17) is 9.47 Å². The monoisotopic (exact) mass is 602 g/mol. The van der Waals surface area contributed by atoms with Crippen molar-refractivity contribution < 1.29 is 14.3 Å². The Morgan fingerprint density at radius 2 is 1.97 bits per heavy atom. The van der Waals surface area contributed by atoms with E-state index >= 15 is 0 Å². The summed E-state index contributed by atoms with van der Waals surface area (Å²) in [5.74, 6) is 0.650. The number of carbonyl (C=O) groups excluding carboxylic acids is 1. The summed E-state index contributed by atoms with van der Waals surface area (Å²) in [5, 5.41) is 12.3. The number of halogens is 2. The highest BCUT2D eigenvalue weighted by Gasteiger charge is 2.15. The molecule has 0 spiro atoms. The highest BCUT2D eigenvalue weighted by atomic mass is 127. The van der Waals surface area contributed by atoms with Gasteiger partial charge in [0.2, 0.25) is 0 Å². The maximum Gasteiger partial charge on any atom is 0.266 e. The lowest BCUT2D eigenvalue weighted by molar-refractivity contribution is -0.112. The molecule has 0 atom stereocenters. The molecule has 1 N–H and O–H groups in total. The predicted molar refractivity (Wildman–Crippen MR) is 138 cm³/mol. The van der Waals surface area contributed by atoms with E-state index in [0.29, 0.717) is 29.4 Å². The molecule has 0 unspecified atom stereocenters. The molecule has 3 aromatic rings. The molecule has 3 aromatic carbocycles. The number of hydrogen-bond donors (Lipinski definition) is 1. The zero-order valence-electron chi connectivity index (χ0n) is 17.5. The fourth-order valence-corrected chi connectivity index (χ4v) is 4.15. The van der Waals surface area contributed by atoms with Crippen molar-refractivity contribution in [3.63, 3.8) is 0 Å². The van der Waals surface area contributed by atoms with Gasteiger partial charge in [0.05, 0.1) is 10.7 Å². The standard InChI is InChI=1S/C25H20BrIN2O3/c1-16-6-5-8-20(10-16)29-25(30)19(14-28)11-17-12-22(27)24(23(13-17)31-2)32-15-18-7-3-4-9-21(18)26/h3-13H,15H2,1-2H3,(H,29,30)/b19-11+. The first-order chi connectivity index (χ1) is 15.4. The molecule has 3 rings (SSSR count). The van der Waals surface area contributed by atoms with Crippen LogP contribution in [0, 0.1) is 21.8 Å². The van der Waals surface area contributed by atoms with Crippen LogP contribution < -0.4 is 14.8 Å². The third-order valence-electron chi connectivity index (χ3n) is 4.53. The van der Waals surface area contributed by atoms with Crippen LogP contribution in [-0.4, -0.2) is 13.0 Å². The molecule has 0 aliphatic carbocycles. The van der Waals surface area contributed by atoms with Gasteiger partial charge in [0.25, 0.3) is 5.91 Å². The van der Waals surface area contributed by atoms with Gasteiger partial charge in [0.15, 0.2) is 11.5 Å². The van der Waals surface area contributed by atoms with E-state index in [1.807, 2.05) is 61.5 Å². The number of rotatable bonds is 7. The van der Waals surface area contributed by atoms with Crippen LogP contribution in [0.3, 0.4) is 0 Å². The van der Waals surface area contributed by atoms with Crippen LogP contribution in [0.5, 0.6) is 11.5 Å². The fraction of sp³-hybridized carbons (Fsp3) is 0.120. The molecule has 5 nitrogen and oxygen atoms in total. The van der Waals surface area contributed by atoms with Crippen LogP contribution in [0.4, 0.5) is 5.69 Å². The third-order valence-corrected chi connectivity index (χ3v) is 6.11. The number of benzene rings is 3. The average Bonchev–Trinajstić information content (AvgIpc) is 2.77. The molecular formula is C25H20BrIN2O3.